The summed E-state index contributed by atoms with van der Waals surface area (Å²) in [5.41, 5.74) is 0.927. The number of aliphatic hydroxyl groups is 1. The largest absolute Gasteiger partial charge is 0.494 e. The number of hydrogen-bond donors (Lipinski definition) is 2. The van der Waals surface area contributed by atoms with Crippen LogP contribution >= 0.6 is 0 Å². The molecule has 0 spiro atoms. The van der Waals surface area contributed by atoms with Crippen molar-refractivity contribution in [3.05, 3.63) is 29.8 Å². The van der Waals surface area contributed by atoms with E-state index < -0.39 is 6.10 Å². The van der Waals surface area contributed by atoms with Crippen molar-refractivity contribution in [3.63, 3.8) is 0 Å². The van der Waals surface area contributed by atoms with E-state index in [0.717, 1.165) is 37.5 Å². The zero-order valence-electron chi connectivity index (χ0n) is 11.5. The Morgan fingerprint density at radius 2 is 2.21 bits per heavy atom. The van der Waals surface area contributed by atoms with Crippen molar-refractivity contribution < 1.29 is 14.6 Å². The maximum atomic E-state index is 10.2. The summed E-state index contributed by atoms with van der Waals surface area (Å²) >= 11 is 0. The van der Waals surface area contributed by atoms with Gasteiger partial charge >= 0.3 is 0 Å². The third-order valence-corrected chi connectivity index (χ3v) is 3.24. The van der Waals surface area contributed by atoms with Gasteiger partial charge in [-0.05, 0) is 30.5 Å². The molecule has 0 aromatic heterocycles. The molecule has 1 aliphatic heterocycles. The number of nitrogens with one attached hydrogen (secondary N) is 1. The molecule has 4 nitrogen and oxygen atoms in total. The molecule has 19 heavy (non-hydrogen) atoms. The topological polar surface area (TPSA) is 50.7 Å². The van der Waals surface area contributed by atoms with Crippen molar-refractivity contribution in [1.29, 1.82) is 0 Å². The van der Waals surface area contributed by atoms with Gasteiger partial charge in [0, 0.05) is 12.6 Å². The van der Waals surface area contributed by atoms with Crippen LogP contribution in [0.4, 0.5) is 0 Å². The highest BCUT2D eigenvalue weighted by Crippen LogP contribution is 2.22. The Labute approximate surface area is 114 Å². The molecule has 2 unspecified atom stereocenters. The number of rotatable bonds is 6. The molecule has 106 valence electrons. The lowest BCUT2D eigenvalue weighted by Crippen LogP contribution is -2.42. The van der Waals surface area contributed by atoms with Gasteiger partial charge in [-0.3, -0.25) is 0 Å². The second-order valence-corrected chi connectivity index (χ2v) is 4.89. The summed E-state index contributed by atoms with van der Waals surface area (Å²) in [6.45, 7) is 5.11. The Morgan fingerprint density at radius 1 is 1.42 bits per heavy atom. The van der Waals surface area contributed by atoms with Crippen LogP contribution in [0.15, 0.2) is 24.3 Å². The molecule has 4 heteroatoms. The van der Waals surface area contributed by atoms with Crippen molar-refractivity contribution in [2.24, 2.45) is 0 Å². The summed E-state index contributed by atoms with van der Waals surface area (Å²) in [6.07, 6.45) is 1.21. The summed E-state index contributed by atoms with van der Waals surface area (Å²) in [6, 6.07) is 7.93. The SMILES string of the molecule is CCCOc1ccc(C(O)CC2COCCN2)cc1. The minimum Gasteiger partial charge on any atom is -0.494 e. The molecule has 1 aromatic carbocycles. The van der Waals surface area contributed by atoms with Crippen LogP contribution in [0.25, 0.3) is 0 Å². The molecular weight excluding hydrogens is 242 g/mol. The highest BCUT2D eigenvalue weighted by molar-refractivity contribution is 5.28. The summed E-state index contributed by atoms with van der Waals surface area (Å²) in [5, 5.41) is 13.6. The lowest BCUT2D eigenvalue weighted by atomic mass is 10.0. The van der Waals surface area contributed by atoms with Crippen LogP contribution in [0.3, 0.4) is 0 Å². The fourth-order valence-corrected chi connectivity index (χ4v) is 2.18. The third-order valence-electron chi connectivity index (χ3n) is 3.24. The molecule has 1 heterocycles. The first kappa shape index (κ1) is 14.3. The molecule has 0 bridgehead atoms. The fraction of sp³-hybridized carbons (Fsp3) is 0.600. The van der Waals surface area contributed by atoms with Crippen LogP contribution in [0.2, 0.25) is 0 Å². The summed E-state index contributed by atoms with van der Waals surface area (Å²) in [5.74, 6) is 0.858. The van der Waals surface area contributed by atoms with Crippen LogP contribution < -0.4 is 10.1 Å². The Morgan fingerprint density at radius 3 is 2.84 bits per heavy atom. The highest BCUT2D eigenvalue weighted by atomic mass is 16.5. The number of benzene rings is 1. The van der Waals surface area contributed by atoms with E-state index in [0.29, 0.717) is 13.0 Å². The molecular formula is C15H23NO3. The molecule has 0 amide bonds. The van der Waals surface area contributed by atoms with Gasteiger partial charge in [0.2, 0.25) is 0 Å². The second kappa shape index (κ2) is 7.48. The van der Waals surface area contributed by atoms with E-state index >= 15 is 0 Å². The first-order chi connectivity index (χ1) is 9.29. The monoisotopic (exact) mass is 265 g/mol. The number of aliphatic hydroxyl groups excluding tert-OH is 1. The van der Waals surface area contributed by atoms with Gasteiger partial charge in [0.25, 0.3) is 0 Å². The number of hydrogen-bond acceptors (Lipinski definition) is 4. The van der Waals surface area contributed by atoms with E-state index in [2.05, 4.69) is 12.2 Å². The van der Waals surface area contributed by atoms with Gasteiger partial charge in [-0.2, -0.15) is 0 Å². The van der Waals surface area contributed by atoms with Crippen LogP contribution in [-0.2, 0) is 4.74 Å². The van der Waals surface area contributed by atoms with Gasteiger partial charge in [-0.1, -0.05) is 19.1 Å². The van der Waals surface area contributed by atoms with Crippen LogP contribution in [0, 0.1) is 0 Å². The lowest BCUT2D eigenvalue weighted by Gasteiger charge is -2.26. The zero-order valence-corrected chi connectivity index (χ0v) is 11.5. The molecule has 2 N–H and O–H groups in total. The van der Waals surface area contributed by atoms with E-state index in [1.807, 2.05) is 24.3 Å². The van der Waals surface area contributed by atoms with E-state index in [4.69, 9.17) is 9.47 Å². The van der Waals surface area contributed by atoms with E-state index in [1.54, 1.807) is 0 Å². The standard InChI is InChI=1S/C15H23NO3/c1-2-8-19-14-5-3-12(4-6-14)15(17)10-13-11-18-9-7-16-13/h3-6,13,15-17H,2,7-11H2,1H3. The van der Waals surface area contributed by atoms with Crippen molar-refractivity contribution in [3.8, 4) is 5.75 Å². The second-order valence-electron chi connectivity index (χ2n) is 4.89. The van der Waals surface area contributed by atoms with Crippen molar-refractivity contribution in [2.45, 2.75) is 31.9 Å². The van der Waals surface area contributed by atoms with Crippen LogP contribution in [-0.4, -0.2) is 37.5 Å². The summed E-state index contributed by atoms with van der Waals surface area (Å²) in [4.78, 5) is 0. The molecule has 1 saturated heterocycles. The van der Waals surface area contributed by atoms with Crippen molar-refractivity contribution in [2.75, 3.05) is 26.4 Å². The summed E-state index contributed by atoms with van der Waals surface area (Å²) in [7, 11) is 0. The minimum absolute atomic E-state index is 0.236. The molecule has 2 rings (SSSR count). The average molecular weight is 265 g/mol. The fourth-order valence-electron chi connectivity index (χ4n) is 2.18. The third kappa shape index (κ3) is 4.49. The van der Waals surface area contributed by atoms with Gasteiger partial charge in [0.1, 0.15) is 5.75 Å². The van der Waals surface area contributed by atoms with Crippen LogP contribution in [0.5, 0.6) is 5.75 Å². The molecule has 1 aliphatic rings. The van der Waals surface area contributed by atoms with E-state index in [-0.39, 0.29) is 6.04 Å². The first-order valence-electron chi connectivity index (χ1n) is 7.01. The molecule has 1 fully saturated rings. The Kier molecular flexibility index (Phi) is 5.63. The Balaban J connectivity index is 1.85. The molecule has 0 radical (unpaired) electrons. The predicted molar refractivity (Wildman–Crippen MR) is 74.4 cm³/mol. The molecule has 2 atom stereocenters. The minimum atomic E-state index is -0.459. The van der Waals surface area contributed by atoms with E-state index in [1.165, 1.54) is 0 Å². The van der Waals surface area contributed by atoms with Gasteiger partial charge in [0.15, 0.2) is 0 Å². The quantitative estimate of drug-likeness (QED) is 0.824. The lowest BCUT2D eigenvalue weighted by molar-refractivity contribution is 0.0519. The smallest absolute Gasteiger partial charge is 0.119 e. The predicted octanol–water partition coefficient (Wildman–Crippen LogP) is 1.89. The maximum absolute atomic E-state index is 10.2. The van der Waals surface area contributed by atoms with Gasteiger partial charge in [-0.25, -0.2) is 0 Å². The zero-order chi connectivity index (χ0) is 13.5. The van der Waals surface area contributed by atoms with Crippen molar-refractivity contribution >= 4 is 0 Å². The first-order valence-corrected chi connectivity index (χ1v) is 7.01. The van der Waals surface area contributed by atoms with Gasteiger partial charge in [0.05, 0.1) is 25.9 Å². The normalized spacial score (nSPS) is 21.1. The van der Waals surface area contributed by atoms with Crippen LogP contribution in [0.1, 0.15) is 31.4 Å². The molecule has 0 aliphatic carbocycles. The highest BCUT2D eigenvalue weighted by Gasteiger charge is 2.18. The average Bonchev–Trinajstić information content (AvgIpc) is 2.46. The molecule has 0 saturated carbocycles. The maximum Gasteiger partial charge on any atom is 0.119 e. The van der Waals surface area contributed by atoms with Crippen molar-refractivity contribution in [1.82, 2.24) is 5.32 Å². The van der Waals surface area contributed by atoms with Gasteiger partial charge < -0.3 is 19.9 Å². The summed E-state index contributed by atoms with van der Waals surface area (Å²) < 4.78 is 10.9. The Hall–Kier alpha value is -1.10. The van der Waals surface area contributed by atoms with E-state index in [9.17, 15) is 5.11 Å². The molecule has 1 aromatic rings. The van der Waals surface area contributed by atoms with Gasteiger partial charge in [-0.15, -0.1) is 0 Å². The Bertz CT molecular complexity index is 360. The number of ether oxygens (including phenoxy) is 2. The number of morpholine rings is 1.